The van der Waals surface area contributed by atoms with E-state index in [0.717, 1.165) is 19.5 Å². The molecule has 1 saturated carbocycles. The topological polar surface area (TPSA) is 62.6 Å². The minimum atomic E-state index is -0.168. The van der Waals surface area contributed by atoms with Crippen LogP contribution in [-0.4, -0.2) is 41.8 Å². The molecule has 0 bridgehead atoms. The molecular weight excluding hydrogens is 304 g/mol. The molecule has 1 aliphatic carbocycles. The minimum absolute atomic E-state index is 0.0630. The predicted molar refractivity (Wildman–Crippen MR) is 91.8 cm³/mol. The van der Waals surface area contributed by atoms with E-state index in [9.17, 15) is 9.59 Å². The van der Waals surface area contributed by atoms with Crippen molar-refractivity contribution in [2.24, 2.45) is 5.92 Å². The van der Waals surface area contributed by atoms with Gasteiger partial charge in [-0.1, -0.05) is 19.3 Å². The van der Waals surface area contributed by atoms with Crippen molar-refractivity contribution >= 4 is 11.7 Å². The Morgan fingerprint density at radius 3 is 2.79 bits per heavy atom. The Hall–Kier alpha value is -1.62. The highest BCUT2D eigenvalue weighted by Crippen LogP contribution is 2.27. The number of nitrogens with one attached hydrogen (secondary N) is 1. The summed E-state index contributed by atoms with van der Waals surface area (Å²) in [7, 11) is 0. The first-order valence-corrected chi connectivity index (χ1v) is 9.24. The highest BCUT2D eigenvalue weighted by Gasteiger charge is 2.33. The van der Waals surface area contributed by atoms with Crippen LogP contribution in [-0.2, 0) is 4.79 Å². The zero-order valence-corrected chi connectivity index (χ0v) is 14.5. The number of furan rings is 1. The molecule has 0 radical (unpaired) electrons. The normalized spacial score (nSPS) is 24.0. The summed E-state index contributed by atoms with van der Waals surface area (Å²) in [5, 5.41) is 3.01. The average Bonchev–Trinajstić information content (AvgIpc) is 3.27. The third-order valence-corrected chi connectivity index (χ3v) is 5.36. The Bertz CT molecular complexity index is 549. The van der Waals surface area contributed by atoms with E-state index in [1.165, 1.54) is 38.4 Å². The summed E-state index contributed by atoms with van der Waals surface area (Å²) in [5.74, 6) is 0.449. The van der Waals surface area contributed by atoms with Crippen molar-refractivity contribution < 1.29 is 14.0 Å². The van der Waals surface area contributed by atoms with E-state index in [1.54, 1.807) is 12.1 Å². The van der Waals surface area contributed by atoms with Crippen molar-refractivity contribution in [3.8, 4) is 0 Å². The van der Waals surface area contributed by atoms with Gasteiger partial charge in [-0.25, -0.2) is 0 Å². The number of rotatable bonds is 6. The number of ketones is 1. The van der Waals surface area contributed by atoms with Gasteiger partial charge in [-0.05, 0) is 44.9 Å². The van der Waals surface area contributed by atoms with Crippen LogP contribution in [0.4, 0.5) is 0 Å². The number of hydrogen-bond acceptors (Lipinski definition) is 4. The van der Waals surface area contributed by atoms with Gasteiger partial charge in [0, 0.05) is 25.0 Å². The molecule has 1 saturated heterocycles. The molecule has 0 unspecified atom stereocenters. The van der Waals surface area contributed by atoms with E-state index in [2.05, 4.69) is 10.2 Å². The number of amides is 1. The van der Waals surface area contributed by atoms with Gasteiger partial charge in [-0.3, -0.25) is 14.5 Å². The standard InChI is InChI=1S/C19H28N2O3/c1-14(12-17(22)18-8-5-11-24-18)20-19(23)15-9-10-21(13-15)16-6-3-2-4-7-16/h5,8,11,14-16H,2-4,6-7,9-10,12-13H2,1H3,(H,20,23)/t14-,15+/m1/s1. The lowest BCUT2D eigenvalue weighted by molar-refractivity contribution is -0.125. The summed E-state index contributed by atoms with van der Waals surface area (Å²) < 4.78 is 5.11. The Balaban J connectivity index is 1.44. The molecule has 3 rings (SSSR count). The first-order valence-electron chi connectivity index (χ1n) is 9.24. The molecule has 1 amide bonds. The summed E-state index contributed by atoms with van der Waals surface area (Å²) >= 11 is 0. The third kappa shape index (κ3) is 4.26. The molecule has 1 aromatic rings. The average molecular weight is 332 g/mol. The third-order valence-electron chi connectivity index (χ3n) is 5.36. The van der Waals surface area contributed by atoms with Crippen molar-refractivity contribution in [2.45, 2.75) is 64.0 Å². The largest absolute Gasteiger partial charge is 0.461 e. The quantitative estimate of drug-likeness (QED) is 0.814. The Morgan fingerprint density at radius 2 is 2.08 bits per heavy atom. The highest BCUT2D eigenvalue weighted by atomic mass is 16.3. The van der Waals surface area contributed by atoms with Gasteiger partial charge in [0.15, 0.2) is 11.5 Å². The van der Waals surface area contributed by atoms with E-state index < -0.39 is 0 Å². The summed E-state index contributed by atoms with van der Waals surface area (Å²) in [6, 6.07) is 3.87. The summed E-state index contributed by atoms with van der Waals surface area (Å²) in [6.07, 6.45) is 9.27. The van der Waals surface area contributed by atoms with Crippen LogP contribution in [0, 0.1) is 5.92 Å². The molecule has 2 atom stereocenters. The van der Waals surface area contributed by atoms with E-state index in [4.69, 9.17) is 4.42 Å². The van der Waals surface area contributed by atoms with Crippen LogP contribution in [0.5, 0.6) is 0 Å². The van der Waals surface area contributed by atoms with Crippen molar-refractivity contribution in [2.75, 3.05) is 13.1 Å². The SMILES string of the molecule is C[C@H](CC(=O)c1ccco1)NC(=O)[C@H]1CCN(C2CCCCC2)C1. The van der Waals surface area contributed by atoms with Gasteiger partial charge in [0.2, 0.25) is 5.91 Å². The molecule has 1 aromatic heterocycles. The molecule has 132 valence electrons. The van der Waals surface area contributed by atoms with Crippen molar-refractivity contribution in [1.29, 1.82) is 0 Å². The number of carbonyl (C=O) groups is 2. The first kappa shape index (κ1) is 17.2. The molecule has 1 aliphatic heterocycles. The molecule has 5 nitrogen and oxygen atoms in total. The van der Waals surface area contributed by atoms with Gasteiger partial charge in [0.05, 0.1) is 12.2 Å². The van der Waals surface area contributed by atoms with Crippen LogP contribution in [0.2, 0.25) is 0 Å². The number of Topliss-reactive ketones (excluding diaryl/α,β-unsaturated/α-hetero) is 1. The van der Waals surface area contributed by atoms with Gasteiger partial charge in [-0.15, -0.1) is 0 Å². The second kappa shape index (κ2) is 7.97. The maximum absolute atomic E-state index is 12.5. The van der Waals surface area contributed by atoms with Crippen LogP contribution >= 0.6 is 0 Å². The molecule has 0 spiro atoms. The fourth-order valence-electron chi connectivity index (χ4n) is 4.01. The van der Waals surface area contributed by atoms with Gasteiger partial charge >= 0.3 is 0 Å². The molecular formula is C19H28N2O3. The molecule has 2 fully saturated rings. The van der Waals surface area contributed by atoms with E-state index >= 15 is 0 Å². The molecule has 0 aromatic carbocycles. The minimum Gasteiger partial charge on any atom is -0.461 e. The molecule has 1 N–H and O–H groups in total. The van der Waals surface area contributed by atoms with Crippen LogP contribution in [0.15, 0.2) is 22.8 Å². The number of hydrogen-bond donors (Lipinski definition) is 1. The van der Waals surface area contributed by atoms with Crippen molar-refractivity contribution in [1.82, 2.24) is 10.2 Å². The van der Waals surface area contributed by atoms with Crippen LogP contribution in [0.1, 0.15) is 62.4 Å². The van der Waals surface area contributed by atoms with Crippen molar-refractivity contribution in [3.63, 3.8) is 0 Å². The van der Waals surface area contributed by atoms with Crippen LogP contribution < -0.4 is 5.32 Å². The Kier molecular flexibility index (Phi) is 5.72. The summed E-state index contributed by atoms with van der Waals surface area (Å²) in [6.45, 7) is 3.78. The maximum Gasteiger partial charge on any atom is 0.224 e. The van der Waals surface area contributed by atoms with Crippen LogP contribution in [0.3, 0.4) is 0 Å². The monoisotopic (exact) mass is 332 g/mol. The van der Waals surface area contributed by atoms with Crippen molar-refractivity contribution in [3.05, 3.63) is 24.2 Å². The second-order valence-corrected chi connectivity index (χ2v) is 7.29. The van der Waals surface area contributed by atoms with E-state index in [-0.39, 0.29) is 30.1 Å². The number of carbonyl (C=O) groups excluding carboxylic acids is 2. The van der Waals surface area contributed by atoms with Crippen LogP contribution in [0.25, 0.3) is 0 Å². The molecule has 24 heavy (non-hydrogen) atoms. The Labute approximate surface area is 143 Å². The smallest absolute Gasteiger partial charge is 0.224 e. The van der Waals surface area contributed by atoms with Gasteiger partial charge in [0.1, 0.15) is 0 Å². The first-order chi connectivity index (χ1) is 11.6. The summed E-state index contributed by atoms with van der Waals surface area (Å²) in [5.41, 5.74) is 0. The lowest BCUT2D eigenvalue weighted by Crippen LogP contribution is -2.40. The molecule has 2 aliphatic rings. The van der Waals surface area contributed by atoms with Gasteiger partial charge in [0.25, 0.3) is 0 Å². The highest BCUT2D eigenvalue weighted by molar-refractivity contribution is 5.94. The van der Waals surface area contributed by atoms with Gasteiger partial charge < -0.3 is 9.73 Å². The lowest BCUT2D eigenvalue weighted by Gasteiger charge is -2.31. The lowest BCUT2D eigenvalue weighted by atomic mass is 9.94. The van der Waals surface area contributed by atoms with E-state index in [0.29, 0.717) is 11.8 Å². The number of likely N-dealkylation sites (tertiary alicyclic amines) is 1. The summed E-state index contributed by atoms with van der Waals surface area (Å²) in [4.78, 5) is 27.0. The maximum atomic E-state index is 12.5. The Morgan fingerprint density at radius 1 is 1.29 bits per heavy atom. The predicted octanol–water partition coefficient (Wildman–Crippen LogP) is 3.01. The zero-order valence-electron chi connectivity index (χ0n) is 14.5. The fourth-order valence-corrected chi connectivity index (χ4v) is 4.01. The van der Waals surface area contributed by atoms with Gasteiger partial charge in [-0.2, -0.15) is 0 Å². The second-order valence-electron chi connectivity index (χ2n) is 7.29. The number of nitrogens with zero attached hydrogens (tertiary/aromatic N) is 1. The molecule has 2 heterocycles. The zero-order chi connectivity index (χ0) is 16.9. The fraction of sp³-hybridized carbons (Fsp3) is 0.684. The molecule has 5 heteroatoms. The van der Waals surface area contributed by atoms with E-state index in [1.807, 2.05) is 6.92 Å².